The average Bonchev–Trinajstić information content (AvgIpc) is 3.19. The van der Waals surface area contributed by atoms with Crippen molar-refractivity contribution in [1.29, 1.82) is 5.26 Å². The number of hydrogen-bond acceptors (Lipinski definition) is 7. The third kappa shape index (κ3) is 3.74. The topological polar surface area (TPSA) is 96.5 Å². The first kappa shape index (κ1) is 18.0. The molecule has 0 spiro atoms. The second kappa shape index (κ2) is 7.63. The van der Waals surface area contributed by atoms with Gasteiger partial charge in [-0.25, -0.2) is 4.39 Å². The zero-order valence-corrected chi connectivity index (χ0v) is 15.5. The molecular weight excluding hydrogens is 375 g/mol. The van der Waals surface area contributed by atoms with Crippen LogP contribution in [0.1, 0.15) is 16.0 Å². The number of nitrogens with one attached hydrogen (secondary N) is 1. The Balaban J connectivity index is 1.68. The molecule has 10 heteroatoms. The van der Waals surface area contributed by atoms with Gasteiger partial charge in [-0.3, -0.25) is 4.79 Å². The lowest BCUT2D eigenvalue weighted by Gasteiger charge is -2.05. The summed E-state index contributed by atoms with van der Waals surface area (Å²) in [4.78, 5) is 13.2. The molecule has 1 N–H and O–H groups in total. The molecule has 26 heavy (non-hydrogen) atoms. The van der Waals surface area contributed by atoms with Crippen LogP contribution in [0.25, 0.3) is 5.69 Å². The van der Waals surface area contributed by atoms with Crippen molar-refractivity contribution < 1.29 is 9.18 Å². The van der Waals surface area contributed by atoms with Crippen molar-refractivity contribution in [3.8, 4) is 11.8 Å². The number of carbonyl (C=O) groups is 1. The summed E-state index contributed by atoms with van der Waals surface area (Å²) in [6.45, 7) is 3.76. The molecular formula is C16H13FN6OS2. The van der Waals surface area contributed by atoms with E-state index in [-0.39, 0.29) is 17.5 Å². The summed E-state index contributed by atoms with van der Waals surface area (Å²) in [5, 5.41) is 24.3. The third-order valence-electron chi connectivity index (χ3n) is 3.59. The van der Waals surface area contributed by atoms with Crippen molar-refractivity contribution in [2.45, 2.75) is 19.0 Å². The van der Waals surface area contributed by atoms with Crippen LogP contribution >= 0.6 is 23.1 Å². The van der Waals surface area contributed by atoms with E-state index in [1.165, 1.54) is 28.2 Å². The number of benzene rings is 1. The van der Waals surface area contributed by atoms with Gasteiger partial charge in [0.25, 0.3) is 0 Å². The Labute approximate surface area is 156 Å². The van der Waals surface area contributed by atoms with Crippen molar-refractivity contribution in [2.24, 2.45) is 0 Å². The van der Waals surface area contributed by atoms with Crippen molar-refractivity contribution >= 4 is 34.0 Å². The van der Waals surface area contributed by atoms with Gasteiger partial charge in [0.2, 0.25) is 11.1 Å². The second-order valence-corrected chi connectivity index (χ2v) is 7.45. The van der Waals surface area contributed by atoms with Gasteiger partial charge in [0.1, 0.15) is 16.9 Å². The van der Waals surface area contributed by atoms with Gasteiger partial charge in [0.15, 0.2) is 0 Å². The molecule has 3 rings (SSSR count). The summed E-state index contributed by atoms with van der Waals surface area (Å²) < 4.78 is 14.5. The number of thiophene rings is 1. The number of rotatable bonds is 5. The number of tetrazole rings is 1. The number of anilines is 1. The van der Waals surface area contributed by atoms with Crippen molar-refractivity contribution in [3.63, 3.8) is 0 Å². The van der Waals surface area contributed by atoms with Gasteiger partial charge in [-0.05, 0) is 54.1 Å². The van der Waals surface area contributed by atoms with E-state index >= 15 is 0 Å². The molecule has 0 aliphatic carbocycles. The van der Waals surface area contributed by atoms with Crippen LogP contribution < -0.4 is 5.32 Å². The summed E-state index contributed by atoms with van der Waals surface area (Å²) in [6.07, 6.45) is 0. The number of carbonyl (C=O) groups excluding carboxylic acids is 1. The van der Waals surface area contributed by atoms with Crippen LogP contribution in [0.5, 0.6) is 0 Å². The molecule has 0 saturated heterocycles. The van der Waals surface area contributed by atoms with E-state index in [9.17, 15) is 14.4 Å². The van der Waals surface area contributed by atoms with E-state index in [0.29, 0.717) is 21.4 Å². The predicted octanol–water partition coefficient (Wildman–Crippen LogP) is 3.08. The average molecular weight is 388 g/mol. The lowest BCUT2D eigenvalue weighted by Crippen LogP contribution is -2.14. The Kier molecular flexibility index (Phi) is 5.29. The molecule has 0 bridgehead atoms. The maximum Gasteiger partial charge on any atom is 0.235 e. The second-order valence-electron chi connectivity index (χ2n) is 5.29. The molecule has 2 aromatic heterocycles. The minimum absolute atomic E-state index is 0.0719. The summed E-state index contributed by atoms with van der Waals surface area (Å²) in [6, 6.07) is 7.83. The minimum Gasteiger partial charge on any atom is -0.316 e. The van der Waals surface area contributed by atoms with Crippen molar-refractivity contribution in [1.82, 2.24) is 20.2 Å². The summed E-state index contributed by atoms with van der Waals surface area (Å²) >= 11 is 2.52. The fraction of sp³-hybridized carbons (Fsp3) is 0.188. The summed E-state index contributed by atoms with van der Waals surface area (Å²) in [5.74, 6) is -0.547. The molecule has 0 radical (unpaired) electrons. The van der Waals surface area contributed by atoms with E-state index < -0.39 is 0 Å². The van der Waals surface area contributed by atoms with Gasteiger partial charge in [-0.15, -0.1) is 16.4 Å². The summed E-state index contributed by atoms with van der Waals surface area (Å²) in [5.41, 5.74) is 1.96. The molecule has 1 amide bonds. The van der Waals surface area contributed by atoms with Crippen LogP contribution in [0.2, 0.25) is 0 Å². The highest BCUT2D eigenvalue weighted by molar-refractivity contribution is 7.99. The van der Waals surface area contributed by atoms with Gasteiger partial charge >= 0.3 is 0 Å². The van der Waals surface area contributed by atoms with Crippen LogP contribution in [0.3, 0.4) is 0 Å². The molecule has 0 atom stereocenters. The molecule has 1 aromatic carbocycles. The predicted molar refractivity (Wildman–Crippen MR) is 97.0 cm³/mol. The quantitative estimate of drug-likeness (QED) is 0.675. The third-order valence-corrected chi connectivity index (χ3v) is 5.64. The Morgan fingerprint density at radius 3 is 2.81 bits per heavy atom. The molecule has 2 heterocycles. The maximum absolute atomic E-state index is 13.0. The molecule has 0 saturated carbocycles. The molecule has 3 aromatic rings. The highest BCUT2D eigenvalue weighted by Crippen LogP contribution is 2.31. The van der Waals surface area contributed by atoms with Crippen LogP contribution in [-0.4, -0.2) is 31.9 Å². The van der Waals surface area contributed by atoms with Gasteiger partial charge in [-0.1, -0.05) is 11.8 Å². The molecule has 0 unspecified atom stereocenters. The lowest BCUT2D eigenvalue weighted by molar-refractivity contribution is -0.113. The van der Waals surface area contributed by atoms with E-state index in [1.807, 2.05) is 13.8 Å². The lowest BCUT2D eigenvalue weighted by atomic mass is 10.2. The van der Waals surface area contributed by atoms with Crippen LogP contribution in [0.15, 0.2) is 29.4 Å². The molecule has 7 nitrogen and oxygen atoms in total. The Hall–Kier alpha value is -2.77. The van der Waals surface area contributed by atoms with Crippen molar-refractivity contribution in [3.05, 3.63) is 46.1 Å². The number of hydrogen-bond donors (Lipinski definition) is 1. The SMILES string of the molecule is Cc1sc(NC(=O)CSc2nnnn2-c2ccc(F)cc2)c(C#N)c1C. The number of nitrogens with zero attached hydrogens (tertiary/aromatic N) is 5. The maximum atomic E-state index is 13.0. The normalized spacial score (nSPS) is 10.5. The van der Waals surface area contributed by atoms with Crippen LogP contribution in [0, 0.1) is 31.0 Å². The molecule has 132 valence electrons. The molecule has 0 aliphatic rings. The standard InChI is InChI=1S/C16H13FN6OS2/c1-9-10(2)26-15(13(9)7-18)19-14(24)8-25-16-20-21-22-23(16)12-5-3-11(17)4-6-12/h3-6H,8H2,1-2H3,(H,19,24). The number of aromatic nitrogens is 4. The molecule has 0 aliphatic heterocycles. The van der Waals surface area contributed by atoms with Gasteiger partial charge < -0.3 is 5.32 Å². The van der Waals surface area contributed by atoms with Gasteiger partial charge in [0.05, 0.1) is 17.0 Å². The zero-order valence-electron chi connectivity index (χ0n) is 13.9. The zero-order chi connectivity index (χ0) is 18.7. The number of amides is 1. The van der Waals surface area contributed by atoms with Gasteiger partial charge in [0, 0.05) is 4.88 Å². The van der Waals surface area contributed by atoms with Crippen LogP contribution in [-0.2, 0) is 4.79 Å². The monoisotopic (exact) mass is 388 g/mol. The fourth-order valence-electron chi connectivity index (χ4n) is 2.16. The van der Waals surface area contributed by atoms with Gasteiger partial charge in [-0.2, -0.15) is 9.94 Å². The van der Waals surface area contributed by atoms with Crippen LogP contribution in [0.4, 0.5) is 9.39 Å². The Morgan fingerprint density at radius 2 is 2.12 bits per heavy atom. The van der Waals surface area contributed by atoms with E-state index in [0.717, 1.165) is 22.2 Å². The first-order valence-corrected chi connectivity index (χ1v) is 9.27. The number of nitriles is 1. The smallest absolute Gasteiger partial charge is 0.235 e. The van der Waals surface area contributed by atoms with E-state index in [1.54, 1.807) is 12.1 Å². The summed E-state index contributed by atoms with van der Waals surface area (Å²) in [7, 11) is 0. The minimum atomic E-state index is -0.356. The molecule has 0 fully saturated rings. The Bertz CT molecular complexity index is 989. The van der Waals surface area contributed by atoms with Crippen molar-refractivity contribution in [2.75, 3.05) is 11.1 Å². The van der Waals surface area contributed by atoms with E-state index in [4.69, 9.17) is 0 Å². The highest BCUT2D eigenvalue weighted by atomic mass is 32.2. The first-order valence-electron chi connectivity index (χ1n) is 7.46. The fourth-order valence-corrected chi connectivity index (χ4v) is 3.87. The Morgan fingerprint density at radius 1 is 1.38 bits per heavy atom. The number of thioether (sulfide) groups is 1. The number of aryl methyl sites for hydroxylation is 1. The van der Waals surface area contributed by atoms with E-state index in [2.05, 4.69) is 26.9 Å². The largest absolute Gasteiger partial charge is 0.316 e. The number of halogens is 1. The first-order chi connectivity index (χ1) is 12.5. The highest BCUT2D eigenvalue weighted by Gasteiger charge is 2.16.